The fraction of sp³-hybridized carbons (Fsp3) is 0.154. The Morgan fingerprint density at radius 2 is 1.00 bits per heavy atom. The van der Waals surface area contributed by atoms with Crippen LogP contribution >= 0.6 is 0 Å². The number of hydrogen-bond donors (Lipinski definition) is 0. The van der Waals surface area contributed by atoms with Crippen LogP contribution < -0.4 is 9.47 Å². The topological polar surface area (TPSA) is 43.2 Å². The van der Waals surface area contributed by atoms with Crippen molar-refractivity contribution in [2.45, 2.75) is 12.8 Å². The van der Waals surface area contributed by atoms with E-state index in [1.54, 1.807) is 0 Å². The van der Waals surface area contributed by atoms with Gasteiger partial charge in [-0.1, -0.05) is 48.5 Å². The van der Waals surface area contributed by atoms with Crippen LogP contribution in [0.15, 0.2) is 95.2 Å². The molecule has 4 nitrogen and oxygen atoms in total. The Kier molecular flexibility index (Phi) is 5.13. The second-order valence-electron chi connectivity index (χ2n) is 7.34. The Morgan fingerprint density at radius 1 is 0.533 bits per heavy atom. The van der Waals surface area contributed by atoms with Crippen LogP contribution in [0.2, 0.25) is 0 Å². The minimum Gasteiger partial charge on any atom is -0.493 e. The fourth-order valence-corrected chi connectivity index (χ4v) is 3.73. The monoisotopic (exact) mass is 394 g/mol. The molecule has 0 radical (unpaired) electrons. The number of nitrogens with zero attached hydrogens (tertiary/aromatic N) is 2. The summed E-state index contributed by atoms with van der Waals surface area (Å²) in [6.45, 7) is 1.18. The second-order valence-corrected chi connectivity index (χ2v) is 7.34. The average molecular weight is 394 g/mol. The van der Waals surface area contributed by atoms with Crippen LogP contribution in [-0.2, 0) is 12.8 Å². The molecule has 0 spiro atoms. The molecule has 4 heteroatoms. The third kappa shape index (κ3) is 4.03. The smallest absolute Gasteiger partial charge is 0.127 e. The van der Waals surface area contributed by atoms with Crippen LogP contribution in [0, 0.1) is 0 Å². The second kappa shape index (κ2) is 8.37. The Bertz CT molecular complexity index is 1120. The third-order valence-electron chi connectivity index (χ3n) is 5.24. The maximum absolute atomic E-state index is 6.14. The third-order valence-corrected chi connectivity index (χ3v) is 5.24. The summed E-state index contributed by atoms with van der Waals surface area (Å²) in [5.74, 6) is 1.75. The standard InChI is InChI=1S/C26H22N2O2/c1-5-19-13-15-29-25-11-3-10-24-23(25)9-4-12-26(24)30-16-14-20-6-2-8-22(18-20)28-27-21(7-1)17-19/h1-12,17-18H,13-16H2. The number of benzene rings is 4. The van der Waals surface area contributed by atoms with E-state index in [4.69, 9.17) is 9.47 Å². The highest BCUT2D eigenvalue weighted by atomic mass is 16.5. The van der Waals surface area contributed by atoms with Gasteiger partial charge in [0.25, 0.3) is 0 Å². The van der Waals surface area contributed by atoms with Crippen LogP contribution in [0.25, 0.3) is 10.8 Å². The molecule has 0 saturated heterocycles. The molecule has 0 amide bonds. The van der Waals surface area contributed by atoms with E-state index in [1.807, 2.05) is 48.5 Å². The number of azo groups is 1. The number of fused-ring (bicyclic) bond motifs is 4. The van der Waals surface area contributed by atoms with Crippen LogP contribution in [0.4, 0.5) is 11.4 Å². The van der Waals surface area contributed by atoms with Crippen LogP contribution in [0.1, 0.15) is 11.1 Å². The molecule has 1 aliphatic heterocycles. The lowest BCUT2D eigenvalue weighted by Gasteiger charge is -2.13. The van der Waals surface area contributed by atoms with Crippen molar-refractivity contribution >= 4 is 22.1 Å². The molecule has 0 unspecified atom stereocenters. The van der Waals surface area contributed by atoms with E-state index in [2.05, 4.69) is 46.6 Å². The summed E-state index contributed by atoms with van der Waals surface area (Å²) in [7, 11) is 0. The molecule has 0 fully saturated rings. The minimum absolute atomic E-state index is 0.590. The van der Waals surface area contributed by atoms with Crippen molar-refractivity contribution in [3.05, 3.63) is 96.1 Å². The maximum Gasteiger partial charge on any atom is 0.127 e. The molecular formula is C26H22N2O2. The average Bonchev–Trinajstić information content (AvgIpc) is 2.78. The van der Waals surface area contributed by atoms with Gasteiger partial charge in [-0.3, -0.25) is 0 Å². The van der Waals surface area contributed by atoms with Gasteiger partial charge in [-0.05, 0) is 47.5 Å². The quantitative estimate of drug-likeness (QED) is 0.329. The fourth-order valence-electron chi connectivity index (χ4n) is 3.73. The van der Waals surface area contributed by atoms with Crippen LogP contribution in [0.5, 0.6) is 11.5 Å². The van der Waals surface area contributed by atoms with Crippen molar-refractivity contribution < 1.29 is 9.47 Å². The first-order chi connectivity index (χ1) is 14.8. The van der Waals surface area contributed by atoms with Gasteiger partial charge in [0.15, 0.2) is 0 Å². The largest absolute Gasteiger partial charge is 0.493 e. The van der Waals surface area contributed by atoms with Gasteiger partial charge >= 0.3 is 0 Å². The minimum atomic E-state index is 0.590. The normalized spacial score (nSPS) is 13.9. The van der Waals surface area contributed by atoms with Crippen LogP contribution in [0.3, 0.4) is 0 Å². The van der Waals surface area contributed by atoms with Crippen molar-refractivity contribution in [1.82, 2.24) is 0 Å². The SMILES string of the molecule is c1cc2cc(c1)N=Nc1cccc(c1)CCOc1cccc3c(cccc13)OCC2. The first-order valence-electron chi connectivity index (χ1n) is 10.2. The molecule has 4 aromatic rings. The highest BCUT2D eigenvalue weighted by molar-refractivity contribution is 5.93. The van der Waals surface area contributed by atoms with Gasteiger partial charge in [0.1, 0.15) is 11.5 Å². The molecule has 1 heterocycles. The van der Waals surface area contributed by atoms with Crippen molar-refractivity contribution in [3.63, 3.8) is 0 Å². The summed E-state index contributed by atoms with van der Waals surface area (Å²) in [5, 5.41) is 11.0. The first-order valence-corrected chi connectivity index (χ1v) is 10.2. The van der Waals surface area contributed by atoms with E-state index < -0.39 is 0 Å². The van der Waals surface area contributed by atoms with E-state index in [0.717, 1.165) is 46.5 Å². The van der Waals surface area contributed by atoms with Crippen molar-refractivity contribution in [1.29, 1.82) is 0 Å². The van der Waals surface area contributed by atoms with Crippen molar-refractivity contribution in [2.24, 2.45) is 10.2 Å². The van der Waals surface area contributed by atoms with E-state index >= 15 is 0 Å². The predicted octanol–water partition coefficient (Wildman–Crippen LogP) is 6.81. The summed E-state index contributed by atoms with van der Waals surface area (Å²) in [5.41, 5.74) is 4.03. The predicted molar refractivity (Wildman–Crippen MR) is 119 cm³/mol. The van der Waals surface area contributed by atoms with Gasteiger partial charge in [0.05, 0.1) is 24.6 Å². The van der Waals surface area contributed by atoms with Crippen molar-refractivity contribution in [2.75, 3.05) is 13.2 Å². The van der Waals surface area contributed by atoms with Gasteiger partial charge in [-0.2, -0.15) is 10.2 Å². The maximum atomic E-state index is 6.14. The Balaban J connectivity index is 1.53. The Labute approximate surface area is 175 Å². The van der Waals surface area contributed by atoms with Crippen LogP contribution in [-0.4, -0.2) is 13.2 Å². The molecule has 1 aliphatic rings. The summed E-state index contributed by atoms with van der Waals surface area (Å²) in [4.78, 5) is 0. The number of rotatable bonds is 0. The van der Waals surface area contributed by atoms with Crippen molar-refractivity contribution in [3.8, 4) is 11.5 Å². The molecular weight excluding hydrogens is 372 g/mol. The molecule has 4 aromatic carbocycles. The molecule has 8 bridgehead atoms. The molecule has 0 N–H and O–H groups in total. The molecule has 5 rings (SSSR count). The lowest BCUT2D eigenvalue weighted by Crippen LogP contribution is -2.03. The molecule has 0 saturated carbocycles. The van der Waals surface area contributed by atoms with Gasteiger partial charge in [0, 0.05) is 23.6 Å². The first kappa shape index (κ1) is 18.4. The summed E-state index contributed by atoms with van der Waals surface area (Å²) >= 11 is 0. The lowest BCUT2D eigenvalue weighted by molar-refractivity contribution is 0.322. The van der Waals surface area contributed by atoms with Gasteiger partial charge in [0.2, 0.25) is 0 Å². The zero-order valence-corrected chi connectivity index (χ0v) is 16.6. The van der Waals surface area contributed by atoms with E-state index in [0.29, 0.717) is 13.2 Å². The highest BCUT2D eigenvalue weighted by Crippen LogP contribution is 2.32. The van der Waals surface area contributed by atoms with E-state index in [1.165, 1.54) is 11.1 Å². The van der Waals surface area contributed by atoms with Gasteiger partial charge in [-0.25, -0.2) is 0 Å². The Morgan fingerprint density at radius 3 is 1.50 bits per heavy atom. The zero-order valence-electron chi connectivity index (χ0n) is 16.6. The number of hydrogen-bond acceptors (Lipinski definition) is 4. The molecule has 148 valence electrons. The summed E-state index contributed by atoms with van der Waals surface area (Å²) < 4.78 is 12.3. The zero-order chi connectivity index (χ0) is 20.2. The summed E-state index contributed by atoms with van der Waals surface area (Å²) in [6.07, 6.45) is 1.59. The molecule has 30 heavy (non-hydrogen) atoms. The van der Waals surface area contributed by atoms with Gasteiger partial charge < -0.3 is 9.47 Å². The van der Waals surface area contributed by atoms with E-state index in [-0.39, 0.29) is 0 Å². The van der Waals surface area contributed by atoms with Gasteiger partial charge in [-0.15, -0.1) is 0 Å². The highest BCUT2D eigenvalue weighted by Gasteiger charge is 2.08. The Hall–Kier alpha value is -3.66. The molecule has 0 aliphatic carbocycles. The number of ether oxygens (including phenoxy) is 2. The lowest BCUT2D eigenvalue weighted by atomic mass is 10.1. The summed E-state index contributed by atoms with van der Waals surface area (Å²) in [6, 6.07) is 28.5. The molecule has 0 atom stereocenters. The molecule has 0 aromatic heterocycles. The van der Waals surface area contributed by atoms with E-state index in [9.17, 15) is 0 Å².